The molecule has 0 bridgehead atoms. The fourth-order valence-corrected chi connectivity index (χ4v) is 2.01. The van der Waals surface area contributed by atoms with Gasteiger partial charge in [0, 0.05) is 25.0 Å². The van der Waals surface area contributed by atoms with Crippen LogP contribution in [0.5, 0.6) is 5.75 Å². The van der Waals surface area contributed by atoms with Crippen molar-refractivity contribution in [3.8, 4) is 5.75 Å². The van der Waals surface area contributed by atoms with Gasteiger partial charge in [-0.2, -0.15) is 0 Å². The van der Waals surface area contributed by atoms with E-state index in [1.54, 1.807) is 24.3 Å². The first-order valence-corrected chi connectivity index (χ1v) is 7.11. The zero-order chi connectivity index (χ0) is 15.2. The smallest absolute Gasteiger partial charge is 0.174 e. The third-order valence-corrected chi connectivity index (χ3v) is 3.27. The summed E-state index contributed by atoms with van der Waals surface area (Å²) in [5.41, 5.74) is 1.19. The molecule has 2 rings (SSSR count). The molecule has 0 aliphatic heterocycles. The van der Waals surface area contributed by atoms with Crippen molar-refractivity contribution in [1.29, 1.82) is 0 Å². The summed E-state index contributed by atoms with van der Waals surface area (Å²) in [4.78, 5) is 6.09. The number of aromatic nitrogens is 1. The SMILES string of the molecule is CCN(CC)c1ccc(N=Nc2ccc(Cl)cn2)c([O-])c1. The molecule has 21 heavy (non-hydrogen) atoms. The van der Waals surface area contributed by atoms with Crippen molar-refractivity contribution >= 4 is 28.8 Å². The topological polar surface area (TPSA) is 63.9 Å². The van der Waals surface area contributed by atoms with Gasteiger partial charge in [0.2, 0.25) is 0 Å². The van der Waals surface area contributed by atoms with Gasteiger partial charge in [0.25, 0.3) is 0 Å². The minimum absolute atomic E-state index is 0.155. The van der Waals surface area contributed by atoms with Crippen LogP contribution in [0.1, 0.15) is 13.8 Å². The molecular formula is C15H16ClN4O-. The van der Waals surface area contributed by atoms with E-state index < -0.39 is 0 Å². The van der Waals surface area contributed by atoms with Gasteiger partial charge in [-0.3, -0.25) is 0 Å². The molecule has 0 fully saturated rings. The first kappa shape index (κ1) is 15.3. The number of pyridine rings is 1. The molecule has 0 N–H and O–H groups in total. The summed E-state index contributed by atoms with van der Waals surface area (Å²) in [7, 11) is 0. The van der Waals surface area contributed by atoms with Crippen molar-refractivity contribution in [2.24, 2.45) is 10.2 Å². The van der Waals surface area contributed by atoms with Gasteiger partial charge < -0.3 is 10.0 Å². The van der Waals surface area contributed by atoms with E-state index >= 15 is 0 Å². The van der Waals surface area contributed by atoms with E-state index in [1.165, 1.54) is 6.20 Å². The van der Waals surface area contributed by atoms with E-state index in [-0.39, 0.29) is 5.75 Å². The van der Waals surface area contributed by atoms with Crippen molar-refractivity contribution in [2.45, 2.75) is 13.8 Å². The monoisotopic (exact) mass is 303 g/mol. The van der Waals surface area contributed by atoms with Crippen LogP contribution >= 0.6 is 11.6 Å². The standard InChI is InChI=1S/C15H17ClN4O/c1-3-20(4-2)12-6-7-13(14(21)9-12)18-19-15-8-5-11(16)10-17-15/h5-10,21H,3-4H2,1-2H3/p-1. The van der Waals surface area contributed by atoms with Crippen LogP contribution in [0.25, 0.3) is 0 Å². The predicted octanol–water partition coefficient (Wildman–Crippen LogP) is 4.07. The van der Waals surface area contributed by atoms with Crippen LogP contribution in [-0.2, 0) is 0 Å². The third-order valence-electron chi connectivity index (χ3n) is 3.04. The number of benzene rings is 1. The van der Waals surface area contributed by atoms with Gasteiger partial charge in [-0.05, 0) is 44.2 Å². The highest BCUT2D eigenvalue weighted by Crippen LogP contribution is 2.30. The van der Waals surface area contributed by atoms with Crippen LogP contribution in [-0.4, -0.2) is 18.1 Å². The van der Waals surface area contributed by atoms with E-state index in [4.69, 9.17) is 11.6 Å². The van der Waals surface area contributed by atoms with Gasteiger partial charge in [0.1, 0.15) is 0 Å². The Morgan fingerprint density at radius 1 is 1.14 bits per heavy atom. The lowest BCUT2D eigenvalue weighted by Crippen LogP contribution is -2.21. The molecule has 1 aromatic heterocycles. The molecule has 110 valence electrons. The second-order valence-corrected chi connectivity index (χ2v) is 4.80. The molecule has 0 radical (unpaired) electrons. The van der Waals surface area contributed by atoms with E-state index in [0.717, 1.165) is 18.8 Å². The summed E-state index contributed by atoms with van der Waals surface area (Å²) < 4.78 is 0. The lowest BCUT2D eigenvalue weighted by atomic mass is 10.2. The summed E-state index contributed by atoms with van der Waals surface area (Å²) in [6, 6.07) is 8.44. The highest BCUT2D eigenvalue weighted by molar-refractivity contribution is 6.30. The number of halogens is 1. The Bertz CT molecular complexity index is 624. The van der Waals surface area contributed by atoms with Crippen molar-refractivity contribution in [2.75, 3.05) is 18.0 Å². The highest BCUT2D eigenvalue weighted by Gasteiger charge is 2.02. The molecule has 0 saturated heterocycles. The molecule has 0 amide bonds. The first-order chi connectivity index (χ1) is 10.1. The molecule has 0 unspecified atom stereocenters. The summed E-state index contributed by atoms with van der Waals surface area (Å²) >= 11 is 5.74. The maximum atomic E-state index is 12.0. The van der Waals surface area contributed by atoms with Gasteiger partial charge in [-0.25, -0.2) is 4.98 Å². The number of azo groups is 1. The first-order valence-electron chi connectivity index (χ1n) is 6.73. The highest BCUT2D eigenvalue weighted by atomic mass is 35.5. The Morgan fingerprint density at radius 3 is 2.48 bits per heavy atom. The summed E-state index contributed by atoms with van der Waals surface area (Å²) in [6.45, 7) is 5.80. The van der Waals surface area contributed by atoms with Crippen LogP contribution in [0.4, 0.5) is 17.2 Å². The largest absolute Gasteiger partial charge is 0.871 e. The second-order valence-electron chi connectivity index (χ2n) is 4.36. The molecule has 5 nitrogen and oxygen atoms in total. The van der Waals surface area contributed by atoms with Crippen molar-refractivity contribution < 1.29 is 5.11 Å². The van der Waals surface area contributed by atoms with Gasteiger partial charge >= 0.3 is 0 Å². The molecular weight excluding hydrogens is 288 g/mol. The normalized spacial score (nSPS) is 11.0. The molecule has 1 heterocycles. The Kier molecular flexibility index (Phi) is 5.11. The van der Waals surface area contributed by atoms with E-state index in [0.29, 0.717) is 16.5 Å². The molecule has 6 heteroatoms. The molecule has 2 aromatic rings. The Morgan fingerprint density at radius 2 is 1.90 bits per heavy atom. The van der Waals surface area contributed by atoms with Crippen LogP contribution in [0.15, 0.2) is 46.8 Å². The lowest BCUT2D eigenvalue weighted by molar-refractivity contribution is -0.267. The fraction of sp³-hybridized carbons (Fsp3) is 0.267. The third kappa shape index (κ3) is 3.92. The van der Waals surface area contributed by atoms with Crippen LogP contribution in [0, 0.1) is 0 Å². The van der Waals surface area contributed by atoms with Crippen LogP contribution in [0.3, 0.4) is 0 Å². The summed E-state index contributed by atoms with van der Waals surface area (Å²) in [5, 5.41) is 20.4. The Balaban J connectivity index is 2.19. The molecule has 0 spiro atoms. The Labute approximate surface area is 128 Å². The lowest BCUT2D eigenvalue weighted by Gasteiger charge is -2.23. The summed E-state index contributed by atoms with van der Waals surface area (Å²) in [5.74, 6) is 0.253. The fourth-order valence-electron chi connectivity index (χ4n) is 1.90. The van der Waals surface area contributed by atoms with Gasteiger partial charge in [-0.1, -0.05) is 17.4 Å². The van der Waals surface area contributed by atoms with Crippen molar-refractivity contribution in [3.63, 3.8) is 0 Å². The average Bonchev–Trinajstić information content (AvgIpc) is 2.49. The predicted molar refractivity (Wildman–Crippen MR) is 82.9 cm³/mol. The maximum absolute atomic E-state index is 12.0. The number of hydrogen-bond acceptors (Lipinski definition) is 5. The van der Waals surface area contributed by atoms with Crippen LogP contribution in [0.2, 0.25) is 5.02 Å². The van der Waals surface area contributed by atoms with E-state index in [9.17, 15) is 5.11 Å². The summed E-state index contributed by atoms with van der Waals surface area (Å²) in [6.07, 6.45) is 1.48. The number of anilines is 1. The molecule has 1 aromatic carbocycles. The minimum atomic E-state index is -0.155. The quantitative estimate of drug-likeness (QED) is 0.782. The number of nitrogens with zero attached hydrogens (tertiary/aromatic N) is 4. The van der Waals surface area contributed by atoms with Crippen molar-refractivity contribution in [1.82, 2.24) is 4.98 Å². The molecule has 0 aliphatic rings. The second kappa shape index (κ2) is 7.04. The molecule has 0 aliphatic carbocycles. The number of hydrogen-bond donors (Lipinski definition) is 0. The van der Waals surface area contributed by atoms with E-state index in [2.05, 4.69) is 20.1 Å². The van der Waals surface area contributed by atoms with Gasteiger partial charge in [0.05, 0.1) is 10.7 Å². The average molecular weight is 304 g/mol. The zero-order valence-electron chi connectivity index (χ0n) is 12.0. The van der Waals surface area contributed by atoms with Crippen LogP contribution < -0.4 is 10.0 Å². The zero-order valence-corrected chi connectivity index (χ0v) is 12.7. The minimum Gasteiger partial charge on any atom is -0.871 e. The maximum Gasteiger partial charge on any atom is 0.174 e. The van der Waals surface area contributed by atoms with E-state index in [1.807, 2.05) is 19.9 Å². The number of rotatable bonds is 5. The molecule has 0 saturated carbocycles. The van der Waals surface area contributed by atoms with Gasteiger partial charge in [0.15, 0.2) is 5.82 Å². The van der Waals surface area contributed by atoms with Gasteiger partial charge in [-0.15, -0.1) is 10.2 Å². The van der Waals surface area contributed by atoms with Crippen molar-refractivity contribution in [3.05, 3.63) is 41.6 Å². The Hall–Kier alpha value is -2.14. The molecule has 0 atom stereocenters.